The predicted octanol–water partition coefficient (Wildman–Crippen LogP) is 17.4. The van der Waals surface area contributed by atoms with E-state index < -0.39 is 0 Å². The van der Waals surface area contributed by atoms with E-state index in [0.29, 0.717) is 0 Å². The Labute approximate surface area is 451 Å². The van der Waals surface area contributed by atoms with Gasteiger partial charge in [0.05, 0.1) is 16.7 Å². The van der Waals surface area contributed by atoms with Crippen LogP contribution in [-0.4, -0.2) is 11.3 Å². The summed E-state index contributed by atoms with van der Waals surface area (Å²) in [6, 6.07) is 68.7. The average Bonchev–Trinajstić information content (AvgIpc) is 4.08. The number of aromatic nitrogens is 1. The summed E-state index contributed by atoms with van der Waals surface area (Å²) in [5.41, 5.74) is 29.4. The van der Waals surface area contributed by atoms with Crippen molar-refractivity contribution in [2.75, 3.05) is 9.80 Å². The van der Waals surface area contributed by atoms with Crippen molar-refractivity contribution in [3.8, 4) is 27.9 Å². The summed E-state index contributed by atoms with van der Waals surface area (Å²) < 4.78 is 2.67. The number of nitrogens with zero attached hydrogens (tertiary/aromatic N) is 3. The van der Waals surface area contributed by atoms with Crippen molar-refractivity contribution in [1.29, 1.82) is 0 Å². The minimum Gasteiger partial charge on any atom is -0.311 e. The summed E-state index contributed by atoms with van der Waals surface area (Å²) in [5, 5.41) is 2.58. The Morgan fingerprint density at radius 3 is 1.58 bits per heavy atom. The Hall–Kier alpha value is -7.56. The van der Waals surface area contributed by atoms with Crippen LogP contribution in [0.3, 0.4) is 0 Å². The van der Waals surface area contributed by atoms with Crippen molar-refractivity contribution in [1.82, 2.24) is 4.57 Å². The van der Waals surface area contributed by atoms with Gasteiger partial charge < -0.3 is 14.4 Å². The zero-order valence-corrected chi connectivity index (χ0v) is 46.7. The summed E-state index contributed by atoms with van der Waals surface area (Å²) in [7, 11) is 0. The molecule has 0 atom stereocenters. The van der Waals surface area contributed by atoms with Crippen LogP contribution in [0.15, 0.2) is 176 Å². The van der Waals surface area contributed by atoms with Crippen LogP contribution in [0.1, 0.15) is 129 Å². The van der Waals surface area contributed by atoms with E-state index >= 15 is 0 Å². The monoisotopic (exact) mass is 986 g/mol. The van der Waals surface area contributed by atoms with Crippen LogP contribution in [0, 0.1) is 0 Å². The minimum atomic E-state index is -0.344. The summed E-state index contributed by atoms with van der Waals surface area (Å²) in [6.07, 6.45) is 0. The maximum Gasteiger partial charge on any atom is 0.252 e. The molecule has 0 saturated heterocycles. The van der Waals surface area contributed by atoms with Crippen LogP contribution in [-0.2, 0) is 27.1 Å². The van der Waals surface area contributed by atoms with Gasteiger partial charge in [-0.1, -0.05) is 199 Å². The van der Waals surface area contributed by atoms with Crippen molar-refractivity contribution < 1.29 is 0 Å². The molecule has 1 aromatic heterocycles. The van der Waals surface area contributed by atoms with Gasteiger partial charge in [0.2, 0.25) is 0 Å². The average molecular weight is 986 g/mol. The molecule has 0 bridgehead atoms. The highest BCUT2D eigenvalue weighted by molar-refractivity contribution is 7.00. The van der Waals surface area contributed by atoms with Gasteiger partial charge in [-0.3, -0.25) is 0 Å². The molecule has 0 fully saturated rings. The topological polar surface area (TPSA) is 11.4 Å². The van der Waals surface area contributed by atoms with E-state index in [1.807, 2.05) is 0 Å². The van der Waals surface area contributed by atoms with E-state index in [9.17, 15) is 0 Å². The van der Waals surface area contributed by atoms with Gasteiger partial charge in [0, 0.05) is 61.3 Å². The smallest absolute Gasteiger partial charge is 0.252 e. The quantitative estimate of drug-likeness (QED) is 0.163. The van der Waals surface area contributed by atoms with E-state index in [0.717, 1.165) is 0 Å². The first-order valence-corrected chi connectivity index (χ1v) is 27.7. The van der Waals surface area contributed by atoms with E-state index in [1.54, 1.807) is 0 Å². The number of anilines is 6. The van der Waals surface area contributed by atoms with Gasteiger partial charge in [-0.05, 0) is 155 Å². The van der Waals surface area contributed by atoms with Gasteiger partial charge in [-0.15, -0.1) is 0 Å². The van der Waals surface area contributed by atoms with Gasteiger partial charge in [-0.2, -0.15) is 0 Å². The molecule has 3 heterocycles. The van der Waals surface area contributed by atoms with Crippen molar-refractivity contribution in [3.05, 3.63) is 215 Å². The van der Waals surface area contributed by atoms with Crippen LogP contribution in [0.25, 0.3) is 49.7 Å². The highest BCUT2D eigenvalue weighted by Gasteiger charge is 2.49. The SMILES string of the molecule is CC(C)(C)c1ccc(N2c3ccc(C(C)(C)C)cc3B3c4cc(-n5c6ccccc6c6cc7c(cc65)-c5ccccc5C7(C)C)c5c(c4N(c4ccc(C(C)(C)C)cc4)c4cccc2c43)-c2ccccc2C5(C)C)cc1. The Bertz CT molecular complexity index is 4110. The van der Waals surface area contributed by atoms with Crippen LogP contribution < -0.4 is 26.2 Å². The summed E-state index contributed by atoms with van der Waals surface area (Å²) in [6.45, 7) is 30.6. The fourth-order valence-corrected chi connectivity index (χ4v) is 14.2. The van der Waals surface area contributed by atoms with Gasteiger partial charge >= 0.3 is 0 Å². The number of para-hydroxylation sites is 1. The van der Waals surface area contributed by atoms with Gasteiger partial charge in [0.1, 0.15) is 0 Å². The normalized spacial score (nSPS) is 15.6. The van der Waals surface area contributed by atoms with Crippen LogP contribution in [0.5, 0.6) is 0 Å². The standard InChI is InChI=1S/C72H68BN3/c1-68(2,3)43-29-34-46(35-30-43)74-59-38-33-45(70(7,8)9)39-56(59)73-57-42-63(76-58-26-19-16-22-49(58)52-40-55-51(41-62(52)76)48-21-14-17-24-53(48)71(55,10)11)65-64(50-23-15-18-25-54(50)72(65,12)13)67(57)75(61-28-20-27-60(74)66(61)73)47-36-31-44(32-37-47)69(4,5)6/h14-42H,1-13H3. The lowest BCUT2D eigenvalue weighted by atomic mass is 9.33. The minimum absolute atomic E-state index is 0.00618. The largest absolute Gasteiger partial charge is 0.311 e. The van der Waals surface area contributed by atoms with Crippen LogP contribution in [0.2, 0.25) is 0 Å². The third-order valence-electron chi connectivity index (χ3n) is 18.2. The summed E-state index contributed by atoms with van der Waals surface area (Å²) in [5.74, 6) is 0. The molecule has 2 aliphatic heterocycles. The summed E-state index contributed by atoms with van der Waals surface area (Å²) >= 11 is 0. The molecule has 0 radical (unpaired) electrons. The van der Waals surface area contributed by atoms with Gasteiger partial charge in [0.15, 0.2) is 0 Å². The van der Waals surface area contributed by atoms with E-state index in [-0.39, 0.29) is 33.8 Å². The van der Waals surface area contributed by atoms with Gasteiger partial charge in [-0.25, -0.2) is 0 Å². The summed E-state index contributed by atoms with van der Waals surface area (Å²) in [4.78, 5) is 5.23. The predicted molar refractivity (Wildman–Crippen MR) is 326 cm³/mol. The molecule has 4 heteroatoms. The fourth-order valence-electron chi connectivity index (χ4n) is 14.2. The van der Waals surface area contributed by atoms with Crippen molar-refractivity contribution in [2.45, 2.75) is 117 Å². The zero-order chi connectivity index (χ0) is 52.7. The number of hydrogen-bond donors (Lipinski definition) is 0. The zero-order valence-electron chi connectivity index (χ0n) is 46.7. The van der Waals surface area contributed by atoms with Crippen molar-refractivity contribution in [3.63, 3.8) is 0 Å². The number of benzene rings is 9. The molecule has 0 amide bonds. The molecule has 10 aromatic rings. The third-order valence-corrected chi connectivity index (χ3v) is 18.2. The van der Waals surface area contributed by atoms with E-state index in [4.69, 9.17) is 0 Å². The first-order valence-electron chi connectivity index (χ1n) is 27.7. The second-order valence-electron chi connectivity index (χ2n) is 26.6. The lowest BCUT2D eigenvalue weighted by Crippen LogP contribution is -2.61. The first kappa shape index (κ1) is 46.9. The van der Waals surface area contributed by atoms with Crippen LogP contribution in [0.4, 0.5) is 34.1 Å². The Kier molecular flexibility index (Phi) is 9.59. The third kappa shape index (κ3) is 6.43. The van der Waals surface area contributed by atoms with E-state index in [1.165, 1.54) is 139 Å². The molecule has 2 aliphatic carbocycles. The molecule has 0 N–H and O–H groups in total. The molecular weight excluding hydrogens is 918 g/mol. The number of hydrogen-bond acceptors (Lipinski definition) is 2. The number of rotatable bonds is 3. The molecule has 0 spiro atoms. The maximum absolute atomic E-state index is 2.67. The Balaban J connectivity index is 1.15. The molecule has 0 saturated carbocycles. The van der Waals surface area contributed by atoms with Crippen molar-refractivity contribution in [2.24, 2.45) is 0 Å². The lowest BCUT2D eigenvalue weighted by molar-refractivity contribution is 0.590. The second-order valence-corrected chi connectivity index (χ2v) is 26.6. The maximum atomic E-state index is 2.67. The lowest BCUT2D eigenvalue weighted by Gasteiger charge is -2.45. The number of fused-ring (bicyclic) bond motifs is 14. The molecular formula is C72H68BN3. The molecule has 4 aliphatic rings. The fraction of sp³-hybridized carbons (Fsp3) is 0.250. The molecule has 3 nitrogen and oxygen atoms in total. The first-order chi connectivity index (χ1) is 36.1. The molecule has 76 heavy (non-hydrogen) atoms. The Morgan fingerprint density at radius 2 is 0.934 bits per heavy atom. The molecule has 9 aromatic carbocycles. The van der Waals surface area contributed by atoms with Crippen LogP contribution >= 0.6 is 0 Å². The highest BCUT2D eigenvalue weighted by Crippen LogP contribution is 2.59. The molecule has 0 unspecified atom stereocenters. The Morgan fingerprint density at radius 1 is 0.382 bits per heavy atom. The molecule has 14 rings (SSSR count). The van der Waals surface area contributed by atoms with Crippen molar-refractivity contribution >= 4 is 79.0 Å². The second kappa shape index (κ2) is 15.5. The van der Waals surface area contributed by atoms with Gasteiger partial charge in [0.25, 0.3) is 6.71 Å². The molecule has 374 valence electrons. The van der Waals surface area contributed by atoms with E-state index in [2.05, 4.69) is 280 Å². The highest BCUT2D eigenvalue weighted by atomic mass is 15.2.